The Kier molecular flexibility index (Phi) is 6.72. The number of para-hydroxylation sites is 1. The summed E-state index contributed by atoms with van der Waals surface area (Å²) >= 11 is 0. The minimum atomic E-state index is -0.422. The molecule has 0 spiro atoms. The molecule has 146 valence electrons. The number of carbonyl (C=O) groups is 2. The molecule has 2 amide bonds. The third-order valence-corrected chi connectivity index (χ3v) is 4.71. The number of amides is 2. The Balaban J connectivity index is 1.93. The molecule has 0 bridgehead atoms. The Morgan fingerprint density at radius 2 is 1.75 bits per heavy atom. The summed E-state index contributed by atoms with van der Waals surface area (Å²) in [7, 11) is 0. The number of aromatic amines is 1. The van der Waals surface area contributed by atoms with Crippen molar-refractivity contribution in [2.24, 2.45) is 0 Å². The molecule has 28 heavy (non-hydrogen) atoms. The van der Waals surface area contributed by atoms with Gasteiger partial charge in [0.05, 0.1) is 6.54 Å². The maximum absolute atomic E-state index is 12.1. The summed E-state index contributed by atoms with van der Waals surface area (Å²) in [5.74, 6) is -0.575. The van der Waals surface area contributed by atoms with Gasteiger partial charge in [0.1, 0.15) is 11.6 Å². The van der Waals surface area contributed by atoms with Crippen LogP contribution in [0.4, 0.5) is 5.69 Å². The summed E-state index contributed by atoms with van der Waals surface area (Å²) in [6.45, 7) is 7.13. The SMILES string of the molecule is Cc1cccc(C)c1NC(=O)CNC(=O)CCc1c(C)[nH]c(=O)c(C#N)c1C. The van der Waals surface area contributed by atoms with Crippen molar-refractivity contribution in [1.29, 1.82) is 5.26 Å². The summed E-state index contributed by atoms with van der Waals surface area (Å²) in [5, 5.41) is 14.5. The highest BCUT2D eigenvalue weighted by atomic mass is 16.2. The fourth-order valence-corrected chi connectivity index (χ4v) is 3.12. The number of nitrogens with zero attached hydrogens (tertiary/aromatic N) is 1. The molecular formula is C21H24N4O3. The monoisotopic (exact) mass is 380 g/mol. The van der Waals surface area contributed by atoms with Crippen molar-refractivity contribution in [2.75, 3.05) is 11.9 Å². The van der Waals surface area contributed by atoms with Gasteiger partial charge < -0.3 is 15.6 Å². The zero-order valence-corrected chi connectivity index (χ0v) is 16.5. The third-order valence-electron chi connectivity index (χ3n) is 4.71. The Morgan fingerprint density at radius 3 is 2.36 bits per heavy atom. The molecule has 2 rings (SSSR count). The molecule has 3 N–H and O–H groups in total. The summed E-state index contributed by atoms with van der Waals surface area (Å²) in [5.41, 5.74) is 4.31. The van der Waals surface area contributed by atoms with E-state index in [9.17, 15) is 14.4 Å². The summed E-state index contributed by atoms with van der Waals surface area (Å²) in [6.07, 6.45) is 0.517. The molecule has 0 radical (unpaired) electrons. The van der Waals surface area contributed by atoms with Crippen LogP contribution in [0.3, 0.4) is 0 Å². The first kappa shape index (κ1) is 20.9. The molecule has 0 saturated heterocycles. The van der Waals surface area contributed by atoms with Crippen LogP contribution in [-0.2, 0) is 16.0 Å². The maximum Gasteiger partial charge on any atom is 0.266 e. The molecule has 0 unspecified atom stereocenters. The zero-order chi connectivity index (χ0) is 20.8. The number of H-pyrrole nitrogens is 1. The maximum atomic E-state index is 12.1. The standard InChI is InChI=1S/C21H24N4O3/c1-12-6-5-7-13(2)20(12)25-19(27)11-23-18(26)9-8-16-14(3)17(10-22)21(28)24-15(16)4/h5-7H,8-9,11H2,1-4H3,(H,23,26)(H,24,28)(H,25,27). The molecule has 0 atom stereocenters. The van der Waals surface area contributed by atoms with Gasteiger partial charge in [-0.25, -0.2) is 0 Å². The molecule has 0 aliphatic carbocycles. The Morgan fingerprint density at radius 1 is 1.11 bits per heavy atom. The second-order valence-electron chi connectivity index (χ2n) is 6.76. The highest BCUT2D eigenvalue weighted by molar-refractivity contribution is 5.95. The lowest BCUT2D eigenvalue weighted by Gasteiger charge is -2.13. The average Bonchev–Trinajstić information content (AvgIpc) is 2.63. The van der Waals surface area contributed by atoms with Crippen molar-refractivity contribution in [1.82, 2.24) is 10.3 Å². The van der Waals surface area contributed by atoms with Crippen LogP contribution in [0.2, 0.25) is 0 Å². The van der Waals surface area contributed by atoms with Crippen molar-refractivity contribution >= 4 is 17.5 Å². The van der Waals surface area contributed by atoms with E-state index in [4.69, 9.17) is 5.26 Å². The van der Waals surface area contributed by atoms with Crippen LogP contribution in [-0.4, -0.2) is 23.3 Å². The van der Waals surface area contributed by atoms with Gasteiger partial charge in [-0.1, -0.05) is 18.2 Å². The van der Waals surface area contributed by atoms with Crippen LogP contribution < -0.4 is 16.2 Å². The van der Waals surface area contributed by atoms with E-state index in [2.05, 4.69) is 15.6 Å². The van der Waals surface area contributed by atoms with Gasteiger partial charge in [-0.3, -0.25) is 14.4 Å². The van der Waals surface area contributed by atoms with Crippen LogP contribution in [0.1, 0.15) is 39.9 Å². The Labute approximate surface area is 163 Å². The third kappa shape index (κ3) is 4.86. The first-order chi connectivity index (χ1) is 13.2. The number of nitriles is 1. The zero-order valence-electron chi connectivity index (χ0n) is 16.5. The van der Waals surface area contributed by atoms with E-state index in [1.165, 1.54) is 0 Å². The number of nitrogens with one attached hydrogen (secondary N) is 3. The van der Waals surface area contributed by atoms with E-state index in [1.54, 1.807) is 13.8 Å². The van der Waals surface area contributed by atoms with E-state index < -0.39 is 5.56 Å². The van der Waals surface area contributed by atoms with Gasteiger partial charge >= 0.3 is 0 Å². The van der Waals surface area contributed by atoms with Gasteiger partial charge in [0.15, 0.2) is 0 Å². The second kappa shape index (κ2) is 9.00. The molecule has 0 saturated carbocycles. The van der Waals surface area contributed by atoms with Gasteiger partial charge in [0.25, 0.3) is 5.56 Å². The van der Waals surface area contributed by atoms with Crippen molar-refractivity contribution < 1.29 is 9.59 Å². The number of anilines is 1. The summed E-state index contributed by atoms with van der Waals surface area (Å²) < 4.78 is 0. The predicted molar refractivity (Wildman–Crippen MR) is 107 cm³/mol. The van der Waals surface area contributed by atoms with Gasteiger partial charge in [-0.05, 0) is 56.4 Å². The quantitative estimate of drug-likeness (QED) is 0.712. The first-order valence-electron chi connectivity index (χ1n) is 8.99. The minimum Gasteiger partial charge on any atom is -0.347 e. The van der Waals surface area contributed by atoms with E-state index >= 15 is 0 Å². The number of hydrogen-bond acceptors (Lipinski definition) is 4. The van der Waals surface area contributed by atoms with Crippen molar-refractivity contribution in [3.63, 3.8) is 0 Å². The largest absolute Gasteiger partial charge is 0.347 e. The topological polar surface area (TPSA) is 115 Å². The number of rotatable bonds is 6. The van der Waals surface area contributed by atoms with Gasteiger partial charge in [0.2, 0.25) is 11.8 Å². The van der Waals surface area contributed by atoms with E-state index in [0.717, 1.165) is 22.4 Å². The molecule has 7 nitrogen and oxygen atoms in total. The lowest BCUT2D eigenvalue weighted by atomic mass is 9.99. The molecule has 0 aliphatic heterocycles. The number of benzene rings is 1. The van der Waals surface area contributed by atoms with Crippen LogP contribution in [0.5, 0.6) is 0 Å². The average molecular weight is 380 g/mol. The second-order valence-corrected chi connectivity index (χ2v) is 6.76. The van der Waals surface area contributed by atoms with Crippen LogP contribution in [0.25, 0.3) is 0 Å². The van der Waals surface area contributed by atoms with Crippen LogP contribution >= 0.6 is 0 Å². The van der Waals surface area contributed by atoms with Crippen molar-refractivity contribution in [3.8, 4) is 6.07 Å². The molecule has 0 fully saturated rings. The Hall–Kier alpha value is -3.40. The van der Waals surface area contributed by atoms with E-state index in [0.29, 0.717) is 17.7 Å². The number of aryl methyl sites for hydroxylation is 3. The van der Waals surface area contributed by atoms with Gasteiger partial charge in [-0.2, -0.15) is 5.26 Å². The van der Waals surface area contributed by atoms with Gasteiger partial charge in [0, 0.05) is 17.8 Å². The molecule has 1 aromatic carbocycles. The molecular weight excluding hydrogens is 356 g/mol. The molecule has 2 aromatic rings. The molecule has 1 aromatic heterocycles. The lowest BCUT2D eigenvalue weighted by Crippen LogP contribution is -2.33. The smallest absolute Gasteiger partial charge is 0.266 e. The highest BCUT2D eigenvalue weighted by Gasteiger charge is 2.14. The predicted octanol–water partition coefficient (Wildman–Crippen LogP) is 2.17. The Bertz CT molecular complexity index is 995. The number of pyridine rings is 1. The number of aromatic nitrogens is 1. The fourth-order valence-electron chi connectivity index (χ4n) is 3.12. The van der Waals surface area contributed by atoms with Gasteiger partial charge in [-0.15, -0.1) is 0 Å². The minimum absolute atomic E-state index is 0.0639. The van der Waals surface area contributed by atoms with Crippen molar-refractivity contribution in [3.05, 3.63) is 62.1 Å². The summed E-state index contributed by atoms with van der Waals surface area (Å²) in [4.78, 5) is 38.6. The molecule has 1 heterocycles. The fraction of sp³-hybridized carbons (Fsp3) is 0.333. The number of carbonyl (C=O) groups excluding carboxylic acids is 2. The van der Waals surface area contributed by atoms with E-state index in [-0.39, 0.29) is 30.3 Å². The van der Waals surface area contributed by atoms with E-state index in [1.807, 2.05) is 38.1 Å². The van der Waals surface area contributed by atoms with Crippen molar-refractivity contribution in [2.45, 2.75) is 40.5 Å². The van der Waals surface area contributed by atoms with Crippen LogP contribution in [0, 0.1) is 39.0 Å². The van der Waals surface area contributed by atoms with Crippen LogP contribution in [0.15, 0.2) is 23.0 Å². The lowest BCUT2D eigenvalue weighted by molar-refractivity contribution is -0.124. The first-order valence-corrected chi connectivity index (χ1v) is 8.99. The normalized spacial score (nSPS) is 10.2. The molecule has 0 aliphatic rings. The highest BCUT2D eigenvalue weighted by Crippen LogP contribution is 2.19. The summed E-state index contributed by atoms with van der Waals surface area (Å²) in [6, 6.07) is 7.63. The molecule has 7 heteroatoms. The number of hydrogen-bond donors (Lipinski definition) is 3.